The van der Waals surface area contributed by atoms with E-state index in [4.69, 9.17) is 21.3 Å². The number of nitrogens with one attached hydrogen (secondary N) is 1. The fraction of sp³-hybridized carbons (Fsp3) is 0.517. The number of allylic oxidation sites excluding steroid dienone is 1. The lowest BCUT2D eigenvalue weighted by Gasteiger charge is -3.12. The van der Waals surface area contributed by atoms with Crippen LogP contribution in [0.2, 0.25) is 5.02 Å². The smallest absolute Gasteiger partial charge is 0.338 e. The van der Waals surface area contributed by atoms with Crippen molar-refractivity contribution in [2.24, 2.45) is 56.7 Å². The van der Waals surface area contributed by atoms with Gasteiger partial charge in [-0.3, -0.25) is 9.79 Å². The van der Waals surface area contributed by atoms with Crippen molar-refractivity contribution in [3.8, 4) is 0 Å². The molecule has 11 heteroatoms. The highest BCUT2D eigenvalue weighted by Crippen LogP contribution is 3.12. The average molecular weight is 586 g/mol. The summed E-state index contributed by atoms with van der Waals surface area (Å²) in [6.45, 7) is 5.48. The number of benzene rings is 1. The summed E-state index contributed by atoms with van der Waals surface area (Å²) in [6, 6.07) is 1.37. The van der Waals surface area contributed by atoms with Gasteiger partial charge in [-0.05, 0) is 74.2 Å². The van der Waals surface area contributed by atoms with Crippen LogP contribution >= 0.6 is 22.9 Å². The molecule has 1 atom stereocenters. The van der Waals surface area contributed by atoms with E-state index < -0.39 is 40.1 Å². The van der Waals surface area contributed by atoms with Gasteiger partial charge in [-0.15, -0.1) is 11.3 Å². The second-order valence-electron chi connectivity index (χ2n) is 12.7. The highest BCUT2D eigenvalue weighted by molar-refractivity contribution is 7.11. The molecule has 40 heavy (non-hydrogen) atoms. The number of halogens is 3. The second-order valence-corrected chi connectivity index (χ2v) is 14.0. The van der Waals surface area contributed by atoms with Crippen LogP contribution in [-0.2, 0) is 14.3 Å². The molecular weight excluding hydrogens is 560 g/mol. The SMILES string of the molecule is CCOC(=O)C1=C(C23C4C5C2C2C3C4C52CC(C)(C)C(=O)O)NC(c2nccs2)=NC1c1ccc(F)c(F)c1Cl. The summed E-state index contributed by atoms with van der Waals surface area (Å²) >= 11 is 7.72. The van der Waals surface area contributed by atoms with E-state index in [-0.39, 0.29) is 28.6 Å². The standard InChI is InChI=1S/C29H26ClF2N3O4S/c1-4-39-25(36)12-21(10-5-6-11(31)20(32)19(10)30)34-23(24-33-7-8-40-24)35-22(12)29-16-13-17(29)15-18(29)14(16)28(13,15)9-27(2,3)26(37)38/h5-8,13-18,21H,4,9H2,1-3H3,(H,34,35)(H,37,38). The van der Waals surface area contributed by atoms with Crippen molar-refractivity contribution < 1.29 is 28.2 Å². The van der Waals surface area contributed by atoms with Crippen molar-refractivity contribution >= 4 is 40.7 Å². The molecule has 0 radical (unpaired) electrons. The number of rotatable bonds is 8. The maximum absolute atomic E-state index is 14.7. The number of aromatic nitrogens is 1. The van der Waals surface area contributed by atoms with Gasteiger partial charge in [0.05, 0.1) is 22.6 Å². The molecule has 7 aliphatic rings. The van der Waals surface area contributed by atoms with Crippen molar-refractivity contribution in [1.82, 2.24) is 10.3 Å². The molecule has 1 unspecified atom stereocenters. The first-order chi connectivity index (χ1) is 19.0. The van der Waals surface area contributed by atoms with Gasteiger partial charge in [0.15, 0.2) is 22.5 Å². The molecule has 1 aromatic carbocycles. The molecule has 2 N–H and O–H groups in total. The second kappa shape index (κ2) is 7.50. The predicted octanol–water partition coefficient (Wildman–Crippen LogP) is 5.22. The van der Waals surface area contributed by atoms with Crippen molar-refractivity contribution in [1.29, 1.82) is 0 Å². The quantitative estimate of drug-likeness (QED) is 0.325. The number of hydrogen-bond acceptors (Lipinski definition) is 7. The van der Waals surface area contributed by atoms with Crippen molar-refractivity contribution in [2.45, 2.75) is 33.2 Å². The van der Waals surface area contributed by atoms with Gasteiger partial charge in [-0.25, -0.2) is 18.6 Å². The van der Waals surface area contributed by atoms with Crippen molar-refractivity contribution in [2.75, 3.05) is 6.61 Å². The van der Waals surface area contributed by atoms with E-state index in [2.05, 4.69) is 10.3 Å². The third-order valence-electron chi connectivity index (χ3n) is 11.1. The fourth-order valence-corrected chi connectivity index (χ4v) is 11.0. The molecule has 0 bridgehead atoms. The van der Waals surface area contributed by atoms with Crippen LogP contribution in [0.25, 0.3) is 0 Å². The lowest BCUT2D eigenvalue weighted by molar-refractivity contribution is -0.651. The third-order valence-corrected chi connectivity index (χ3v) is 12.3. The van der Waals surface area contributed by atoms with Crippen LogP contribution in [0.4, 0.5) is 8.78 Å². The van der Waals surface area contributed by atoms with Gasteiger partial charge in [0.25, 0.3) is 0 Å². The number of hydrogen-bond donors (Lipinski definition) is 2. The molecule has 7 nitrogen and oxygen atoms in total. The first kappa shape index (κ1) is 24.9. The van der Waals surface area contributed by atoms with Gasteiger partial charge < -0.3 is 15.2 Å². The summed E-state index contributed by atoms with van der Waals surface area (Å²) in [5.74, 6) is -0.774. The third kappa shape index (κ3) is 2.42. The first-order valence-electron chi connectivity index (χ1n) is 13.6. The molecule has 2 heterocycles. The van der Waals surface area contributed by atoms with Gasteiger partial charge in [-0.1, -0.05) is 17.7 Å². The van der Waals surface area contributed by atoms with Gasteiger partial charge in [0.1, 0.15) is 6.04 Å². The number of aliphatic imine (C=N–C) groups is 1. The normalized spacial score (nSPS) is 39.0. The minimum atomic E-state index is -1.19. The molecule has 0 amide bonds. The maximum Gasteiger partial charge on any atom is 0.338 e. The number of carbonyl (C=O) groups excluding carboxylic acids is 1. The molecule has 0 saturated heterocycles. The van der Waals surface area contributed by atoms with Gasteiger partial charge in [0.2, 0.25) is 0 Å². The number of amidine groups is 1. The van der Waals surface area contributed by atoms with Crippen LogP contribution in [0.15, 0.2) is 40.0 Å². The number of carboxylic acid groups (broad SMARTS) is 1. The van der Waals surface area contributed by atoms with E-state index in [0.29, 0.717) is 52.8 Å². The summed E-state index contributed by atoms with van der Waals surface area (Å²) in [5, 5.41) is 15.3. The molecule has 6 saturated carbocycles. The van der Waals surface area contributed by atoms with Crippen LogP contribution < -0.4 is 5.32 Å². The van der Waals surface area contributed by atoms with Crippen LogP contribution in [-0.4, -0.2) is 34.5 Å². The zero-order valence-corrected chi connectivity index (χ0v) is 23.4. The minimum Gasteiger partial charge on any atom is -0.481 e. The Morgan fingerprint density at radius 3 is 2.42 bits per heavy atom. The Hall–Kier alpha value is -2.85. The molecule has 2 aromatic rings. The van der Waals surface area contributed by atoms with Crippen LogP contribution in [0.3, 0.4) is 0 Å². The van der Waals surface area contributed by atoms with E-state index in [1.54, 1.807) is 13.1 Å². The number of carboxylic acids is 1. The molecule has 0 spiro atoms. The zero-order valence-electron chi connectivity index (χ0n) is 21.9. The molecule has 6 aliphatic carbocycles. The van der Waals surface area contributed by atoms with Crippen LogP contribution in [0.5, 0.6) is 0 Å². The monoisotopic (exact) mass is 585 g/mol. The topological polar surface area (TPSA) is 101 Å². The molecule has 9 rings (SSSR count). The highest BCUT2D eigenvalue weighted by Gasteiger charge is 3.10. The van der Waals surface area contributed by atoms with Crippen molar-refractivity contribution in [3.05, 3.63) is 62.2 Å². The molecule has 1 aromatic heterocycles. The Kier molecular flexibility index (Phi) is 4.67. The summed E-state index contributed by atoms with van der Waals surface area (Å²) in [5.41, 5.74) is 0.270. The first-order valence-corrected chi connectivity index (χ1v) is 14.8. The van der Waals surface area contributed by atoms with Crippen LogP contribution in [0.1, 0.15) is 43.8 Å². The van der Waals surface area contributed by atoms with Crippen molar-refractivity contribution in [3.63, 3.8) is 0 Å². The summed E-state index contributed by atoms with van der Waals surface area (Å²) in [6.07, 6.45) is 2.33. The number of thiazole rings is 1. The lowest BCUT2D eigenvalue weighted by atomic mass is 8.91. The Bertz CT molecular complexity index is 1550. The fourth-order valence-electron chi connectivity index (χ4n) is 10.2. The Labute approximate surface area is 237 Å². The van der Waals surface area contributed by atoms with E-state index in [0.717, 1.165) is 11.8 Å². The van der Waals surface area contributed by atoms with E-state index in [1.807, 2.05) is 19.2 Å². The van der Waals surface area contributed by atoms with Gasteiger partial charge >= 0.3 is 11.9 Å². The number of carbonyl (C=O) groups is 2. The molecule has 208 valence electrons. The Balaban J connectivity index is 1.24. The average Bonchev–Trinajstić information content (AvgIpc) is 3.47. The Morgan fingerprint density at radius 2 is 1.85 bits per heavy atom. The molecule has 1 aliphatic heterocycles. The van der Waals surface area contributed by atoms with E-state index >= 15 is 0 Å². The minimum absolute atomic E-state index is 0.0952. The number of aliphatic carboxylic acids is 1. The summed E-state index contributed by atoms with van der Waals surface area (Å²) in [7, 11) is 0. The number of nitrogens with zero attached hydrogens (tertiary/aromatic N) is 2. The number of ether oxygens (including phenoxy) is 1. The number of esters is 1. The maximum atomic E-state index is 14.7. The van der Waals surface area contributed by atoms with Gasteiger partial charge in [-0.2, -0.15) is 0 Å². The van der Waals surface area contributed by atoms with Crippen LogP contribution in [0, 0.1) is 63.4 Å². The largest absolute Gasteiger partial charge is 0.481 e. The predicted molar refractivity (Wildman–Crippen MR) is 141 cm³/mol. The van der Waals surface area contributed by atoms with E-state index in [1.165, 1.54) is 17.4 Å². The highest BCUT2D eigenvalue weighted by atomic mass is 35.5. The van der Waals surface area contributed by atoms with Gasteiger partial charge in [0, 0.05) is 28.3 Å². The molecular formula is C29H26ClF2N3O4S. The summed E-state index contributed by atoms with van der Waals surface area (Å²) in [4.78, 5) is 34.8. The Morgan fingerprint density at radius 1 is 1.18 bits per heavy atom. The summed E-state index contributed by atoms with van der Waals surface area (Å²) < 4.78 is 34.2. The zero-order chi connectivity index (χ0) is 28.1. The van der Waals surface area contributed by atoms with E-state index in [9.17, 15) is 23.5 Å². The molecule has 6 fully saturated rings. The lowest BCUT2D eigenvalue weighted by Crippen LogP contribution is -3.10.